The lowest BCUT2D eigenvalue weighted by Gasteiger charge is -2.13. The van der Waals surface area contributed by atoms with Crippen molar-refractivity contribution >= 4 is 11.4 Å². The number of hydrogen-bond donors (Lipinski definition) is 2. The molecule has 5 heteroatoms. The SMILES string of the molecule is NC(CCNc1ccccc1[N+](=O)[O-])c1ccccc1. The molecule has 20 heavy (non-hydrogen) atoms. The highest BCUT2D eigenvalue weighted by molar-refractivity contribution is 5.61. The molecule has 2 aromatic rings. The van der Waals surface area contributed by atoms with Crippen molar-refractivity contribution in [3.05, 3.63) is 70.3 Å². The van der Waals surface area contributed by atoms with E-state index in [-0.39, 0.29) is 16.7 Å². The van der Waals surface area contributed by atoms with Gasteiger partial charge in [0, 0.05) is 18.7 Å². The van der Waals surface area contributed by atoms with E-state index in [1.54, 1.807) is 18.2 Å². The average molecular weight is 271 g/mol. The number of nitro benzene ring substituents is 1. The first-order valence-electron chi connectivity index (χ1n) is 6.46. The summed E-state index contributed by atoms with van der Waals surface area (Å²) in [5.74, 6) is 0. The summed E-state index contributed by atoms with van der Waals surface area (Å²) < 4.78 is 0. The Bertz CT molecular complexity index is 572. The number of anilines is 1. The highest BCUT2D eigenvalue weighted by atomic mass is 16.6. The minimum Gasteiger partial charge on any atom is -0.379 e. The van der Waals surface area contributed by atoms with Crippen LogP contribution in [0.1, 0.15) is 18.0 Å². The summed E-state index contributed by atoms with van der Waals surface area (Å²) in [5.41, 5.74) is 7.76. The summed E-state index contributed by atoms with van der Waals surface area (Å²) in [4.78, 5) is 10.5. The third kappa shape index (κ3) is 3.55. The monoisotopic (exact) mass is 271 g/mol. The number of nitrogens with zero attached hydrogens (tertiary/aromatic N) is 1. The van der Waals surface area contributed by atoms with Crippen LogP contribution < -0.4 is 11.1 Å². The van der Waals surface area contributed by atoms with Gasteiger partial charge < -0.3 is 11.1 Å². The molecular formula is C15H17N3O2. The van der Waals surface area contributed by atoms with Gasteiger partial charge in [0.05, 0.1) is 4.92 Å². The number of hydrogen-bond acceptors (Lipinski definition) is 4. The van der Waals surface area contributed by atoms with E-state index in [4.69, 9.17) is 5.73 Å². The van der Waals surface area contributed by atoms with Crippen molar-refractivity contribution < 1.29 is 4.92 Å². The average Bonchev–Trinajstić information content (AvgIpc) is 2.48. The van der Waals surface area contributed by atoms with Gasteiger partial charge in [-0.1, -0.05) is 42.5 Å². The van der Waals surface area contributed by atoms with Crippen LogP contribution in [0, 0.1) is 10.1 Å². The quantitative estimate of drug-likeness (QED) is 0.625. The van der Waals surface area contributed by atoms with Crippen LogP contribution in [0.5, 0.6) is 0 Å². The van der Waals surface area contributed by atoms with Crippen molar-refractivity contribution in [3.8, 4) is 0 Å². The number of rotatable bonds is 6. The van der Waals surface area contributed by atoms with Crippen molar-refractivity contribution in [2.75, 3.05) is 11.9 Å². The van der Waals surface area contributed by atoms with Crippen molar-refractivity contribution in [2.24, 2.45) is 5.73 Å². The second-order valence-corrected chi connectivity index (χ2v) is 4.51. The van der Waals surface area contributed by atoms with E-state index in [0.29, 0.717) is 18.7 Å². The first-order chi connectivity index (χ1) is 9.68. The number of nitrogens with one attached hydrogen (secondary N) is 1. The van der Waals surface area contributed by atoms with E-state index in [1.165, 1.54) is 6.07 Å². The largest absolute Gasteiger partial charge is 0.379 e. The Labute approximate surface area is 117 Å². The molecule has 0 aliphatic heterocycles. The van der Waals surface area contributed by atoms with Gasteiger partial charge in [0.1, 0.15) is 5.69 Å². The molecule has 3 N–H and O–H groups in total. The molecule has 2 aromatic carbocycles. The van der Waals surface area contributed by atoms with Crippen LogP contribution >= 0.6 is 0 Å². The second-order valence-electron chi connectivity index (χ2n) is 4.51. The predicted octanol–water partition coefficient (Wildman–Crippen LogP) is 3.10. The Morgan fingerprint density at radius 3 is 2.45 bits per heavy atom. The van der Waals surface area contributed by atoms with Gasteiger partial charge in [-0.2, -0.15) is 0 Å². The molecule has 0 heterocycles. The number of nitro groups is 1. The van der Waals surface area contributed by atoms with Crippen LogP contribution in [-0.2, 0) is 0 Å². The predicted molar refractivity (Wildman–Crippen MR) is 79.6 cm³/mol. The van der Waals surface area contributed by atoms with Gasteiger partial charge in [-0.05, 0) is 18.1 Å². The van der Waals surface area contributed by atoms with E-state index in [2.05, 4.69) is 5.32 Å². The lowest BCUT2D eigenvalue weighted by Crippen LogP contribution is -2.15. The van der Waals surface area contributed by atoms with Gasteiger partial charge in [0.15, 0.2) is 0 Å². The van der Waals surface area contributed by atoms with Crippen molar-refractivity contribution in [1.82, 2.24) is 0 Å². The van der Waals surface area contributed by atoms with Gasteiger partial charge in [-0.15, -0.1) is 0 Å². The van der Waals surface area contributed by atoms with Gasteiger partial charge in [-0.25, -0.2) is 0 Å². The zero-order valence-electron chi connectivity index (χ0n) is 11.0. The molecule has 0 amide bonds. The Balaban J connectivity index is 1.92. The molecule has 0 saturated carbocycles. The molecule has 0 radical (unpaired) electrons. The zero-order chi connectivity index (χ0) is 14.4. The van der Waals surface area contributed by atoms with E-state index in [1.807, 2.05) is 30.3 Å². The van der Waals surface area contributed by atoms with Gasteiger partial charge in [-0.3, -0.25) is 10.1 Å². The summed E-state index contributed by atoms with van der Waals surface area (Å²) in [5, 5.41) is 14.0. The van der Waals surface area contributed by atoms with Crippen molar-refractivity contribution in [2.45, 2.75) is 12.5 Å². The van der Waals surface area contributed by atoms with Crippen LogP contribution in [0.2, 0.25) is 0 Å². The van der Waals surface area contributed by atoms with Crippen molar-refractivity contribution in [1.29, 1.82) is 0 Å². The van der Waals surface area contributed by atoms with Gasteiger partial charge in [0.2, 0.25) is 0 Å². The standard InChI is InChI=1S/C15H17N3O2/c16-13(12-6-2-1-3-7-12)10-11-17-14-8-4-5-9-15(14)18(19)20/h1-9,13,17H,10-11,16H2. The van der Waals surface area contributed by atoms with Crippen LogP contribution in [0.25, 0.3) is 0 Å². The molecule has 0 aliphatic rings. The number of nitrogens with two attached hydrogens (primary N) is 1. The molecular weight excluding hydrogens is 254 g/mol. The third-order valence-electron chi connectivity index (χ3n) is 3.10. The topological polar surface area (TPSA) is 81.2 Å². The summed E-state index contributed by atoms with van der Waals surface area (Å²) in [6.07, 6.45) is 0.704. The molecule has 1 atom stereocenters. The Morgan fingerprint density at radius 1 is 1.10 bits per heavy atom. The molecule has 1 unspecified atom stereocenters. The van der Waals surface area contributed by atoms with Gasteiger partial charge >= 0.3 is 0 Å². The maximum absolute atomic E-state index is 10.9. The summed E-state index contributed by atoms with van der Waals surface area (Å²) >= 11 is 0. The summed E-state index contributed by atoms with van der Waals surface area (Å²) in [6.45, 7) is 0.584. The lowest BCUT2D eigenvalue weighted by atomic mass is 10.1. The first kappa shape index (κ1) is 14.0. The smallest absolute Gasteiger partial charge is 0.292 e. The third-order valence-corrected chi connectivity index (χ3v) is 3.10. The Hall–Kier alpha value is -2.40. The highest BCUT2D eigenvalue weighted by Crippen LogP contribution is 2.23. The van der Waals surface area contributed by atoms with E-state index in [0.717, 1.165) is 5.56 Å². The molecule has 0 aromatic heterocycles. The summed E-state index contributed by atoms with van der Waals surface area (Å²) in [7, 11) is 0. The normalized spacial score (nSPS) is 11.8. The Kier molecular flexibility index (Phi) is 4.68. The van der Waals surface area contributed by atoms with Crippen LogP contribution in [0.15, 0.2) is 54.6 Å². The highest BCUT2D eigenvalue weighted by Gasteiger charge is 2.12. The van der Waals surface area contributed by atoms with Crippen LogP contribution in [0.3, 0.4) is 0 Å². The molecule has 2 rings (SSSR count). The maximum atomic E-state index is 10.9. The zero-order valence-corrected chi connectivity index (χ0v) is 11.0. The molecule has 0 bridgehead atoms. The van der Waals surface area contributed by atoms with E-state index >= 15 is 0 Å². The summed E-state index contributed by atoms with van der Waals surface area (Å²) in [6, 6.07) is 16.3. The van der Waals surface area contributed by atoms with Crippen LogP contribution in [-0.4, -0.2) is 11.5 Å². The molecule has 5 nitrogen and oxygen atoms in total. The first-order valence-corrected chi connectivity index (χ1v) is 6.46. The van der Waals surface area contributed by atoms with Gasteiger partial charge in [0.25, 0.3) is 5.69 Å². The maximum Gasteiger partial charge on any atom is 0.292 e. The Morgan fingerprint density at radius 2 is 1.75 bits per heavy atom. The van der Waals surface area contributed by atoms with Crippen LogP contribution in [0.4, 0.5) is 11.4 Å². The molecule has 104 valence electrons. The van der Waals surface area contributed by atoms with E-state index < -0.39 is 0 Å². The number of benzene rings is 2. The van der Waals surface area contributed by atoms with Crippen molar-refractivity contribution in [3.63, 3.8) is 0 Å². The molecule has 0 fully saturated rings. The fourth-order valence-electron chi connectivity index (χ4n) is 2.01. The second kappa shape index (κ2) is 6.68. The minimum absolute atomic E-state index is 0.0773. The molecule has 0 aliphatic carbocycles. The fraction of sp³-hybridized carbons (Fsp3) is 0.200. The fourth-order valence-corrected chi connectivity index (χ4v) is 2.01. The number of para-hydroxylation sites is 2. The lowest BCUT2D eigenvalue weighted by molar-refractivity contribution is -0.384. The minimum atomic E-state index is -0.389. The van der Waals surface area contributed by atoms with E-state index in [9.17, 15) is 10.1 Å². The molecule has 0 spiro atoms. The molecule has 0 saturated heterocycles.